The van der Waals surface area contributed by atoms with Crippen LogP contribution >= 0.6 is 15.9 Å². The van der Waals surface area contributed by atoms with Crippen LogP contribution in [0.25, 0.3) is 0 Å². The third kappa shape index (κ3) is 4.30. The summed E-state index contributed by atoms with van der Waals surface area (Å²) < 4.78 is 7.45. The first-order chi connectivity index (χ1) is 10.3. The van der Waals surface area contributed by atoms with Crippen LogP contribution in [0.1, 0.15) is 24.7 Å². The van der Waals surface area contributed by atoms with Gasteiger partial charge in [0.1, 0.15) is 17.9 Å². The van der Waals surface area contributed by atoms with Crippen LogP contribution in [-0.4, -0.2) is 27.2 Å². The van der Waals surface area contributed by atoms with Gasteiger partial charge >= 0.3 is 0 Å². The molecule has 0 aliphatic heterocycles. The Hall–Kier alpha value is -1.36. The summed E-state index contributed by atoms with van der Waals surface area (Å²) in [5, 5.41) is 5.23. The summed E-state index contributed by atoms with van der Waals surface area (Å²) in [6, 6.07) is 8.21. The van der Waals surface area contributed by atoms with E-state index in [1.807, 2.05) is 16.8 Å². The lowest BCUT2D eigenvalue weighted by Gasteiger charge is -2.16. The zero-order valence-corrected chi connectivity index (χ0v) is 14.2. The summed E-state index contributed by atoms with van der Waals surface area (Å²) in [4.78, 5) is 4.41. The molecule has 0 aliphatic rings. The highest BCUT2D eigenvalue weighted by Crippen LogP contribution is 2.23. The molecule has 1 atom stereocenters. The van der Waals surface area contributed by atoms with Gasteiger partial charge in [-0.1, -0.05) is 41.1 Å². The Kier molecular flexibility index (Phi) is 6.23. The number of hydrogen-bond donors (Lipinski definition) is 0. The summed E-state index contributed by atoms with van der Waals surface area (Å²) in [6.07, 6.45) is 4.61. The SMILES string of the molecule is CCCn1ncnc1CC(CBr)Cc1ccccc1OC. The van der Waals surface area contributed by atoms with E-state index in [1.165, 1.54) is 5.56 Å². The van der Waals surface area contributed by atoms with Gasteiger partial charge in [0, 0.05) is 18.3 Å². The Labute approximate surface area is 134 Å². The zero-order chi connectivity index (χ0) is 15.1. The Bertz CT molecular complexity index is 556. The van der Waals surface area contributed by atoms with Crippen LogP contribution in [-0.2, 0) is 19.4 Å². The van der Waals surface area contributed by atoms with Gasteiger partial charge in [0.25, 0.3) is 0 Å². The molecule has 5 heteroatoms. The summed E-state index contributed by atoms with van der Waals surface area (Å²) in [5.41, 5.74) is 1.24. The molecule has 1 heterocycles. The molecule has 0 radical (unpaired) electrons. The molecule has 0 aliphatic carbocycles. The average molecular weight is 352 g/mol. The highest BCUT2D eigenvalue weighted by molar-refractivity contribution is 9.09. The fraction of sp³-hybridized carbons (Fsp3) is 0.500. The molecule has 0 bridgehead atoms. The second-order valence-electron chi connectivity index (χ2n) is 5.14. The van der Waals surface area contributed by atoms with Crippen LogP contribution in [0.3, 0.4) is 0 Å². The largest absolute Gasteiger partial charge is 0.496 e. The van der Waals surface area contributed by atoms with Crippen molar-refractivity contribution in [2.75, 3.05) is 12.4 Å². The molecule has 0 amide bonds. The van der Waals surface area contributed by atoms with Crippen molar-refractivity contribution >= 4 is 15.9 Å². The van der Waals surface area contributed by atoms with Crippen molar-refractivity contribution in [3.8, 4) is 5.75 Å². The molecule has 4 nitrogen and oxygen atoms in total. The minimum Gasteiger partial charge on any atom is -0.496 e. The van der Waals surface area contributed by atoms with Crippen LogP contribution in [0.15, 0.2) is 30.6 Å². The normalized spacial score (nSPS) is 12.3. The molecular weight excluding hydrogens is 330 g/mol. The van der Waals surface area contributed by atoms with Crippen molar-refractivity contribution in [3.05, 3.63) is 42.0 Å². The maximum Gasteiger partial charge on any atom is 0.138 e. The number of aromatic nitrogens is 3. The molecule has 0 spiro atoms. The fourth-order valence-corrected chi connectivity index (χ4v) is 2.92. The van der Waals surface area contributed by atoms with Gasteiger partial charge in [0.05, 0.1) is 7.11 Å². The number of halogens is 1. The van der Waals surface area contributed by atoms with Crippen molar-refractivity contribution in [1.29, 1.82) is 0 Å². The molecule has 114 valence electrons. The van der Waals surface area contributed by atoms with E-state index in [2.05, 4.69) is 45.1 Å². The van der Waals surface area contributed by atoms with Gasteiger partial charge in [-0.25, -0.2) is 4.98 Å². The fourth-order valence-electron chi connectivity index (χ4n) is 2.47. The Balaban J connectivity index is 2.08. The van der Waals surface area contributed by atoms with Gasteiger partial charge < -0.3 is 4.74 Å². The molecule has 1 aromatic carbocycles. The van der Waals surface area contributed by atoms with E-state index in [9.17, 15) is 0 Å². The van der Waals surface area contributed by atoms with Gasteiger partial charge in [0.2, 0.25) is 0 Å². The third-order valence-electron chi connectivity index (χ3n) is 3.52. The second kappa shape index (κ2) is 8.17. The maximum absolute atomic E-state index is 5.44. The number of aryl methyl sites for hydroxylation is 1. The van der Waals surface area contributed by atoms with E-state index in [1.54, 1.807) is 13.4 Å². The predicted octanol–water partition coefficient (Wildman–Crippen LogP) is 3.49. The van der Waals surface area contributed by atoms with E-state index in [-0.39, 0.29) is 0 Å². The van der Waals surface area contributed by atoms with Crippen LogP contribution in [0.5, 0.6) is 5.75 Å². The lowest BCUT2D eigenvalue weighted by atomic mass is 9.97. The number of rotatable bonds is 8. The zero-order valence-electron chi connectivity index (χ0n) is 12.6. The van der Waals surface area contributed by atoms with Crippen molar-refractivity contribution in [2.45, 2.75) is 32.7 Å². The quantitative estimate of drug-likeness (QED) is 0.683. The van der Waals surface area contributed by atoms with Gasteiger partial charge in [-0.2, -0.15) is 5.10 Å². The topological polar surface area (TPSA) is 39.9 Å². The Morgan fingerprint density at radius 3 is 2.81 bits per heavy atom. The minimum atomic E-state index is 0.473. The number of methoxy groups -OCH3 is 1. The molecule has 21 heavy (non-hydrogen) atoms. The molecule has 2 aromatic rings. The second-order valence-corrected chi connectivity index (χ2v) is 5.79. The molecule has 0 N–H and O–H groups in total. The lowest BCUT2D eigenvalue weighted by molar-refractivity contribution is 0.405. The van der Waals surface area contributed by atoms with E-state index < -0.39 is 0 Å². The minimum absolute atomic E-state index is 0.473. The molecule has 0 saturated carbocycles. The number of alkyl halides is 1. The molecule has 1 aromatic heterocycles. The highest BCUT2D eigenvalue weighted by Gasteiger charge is 2.15. The first-order valence-corrected chi connectivity index (χ1v) is 8.45. The summed E-state index contributed by atoms with van der Waals surface area (Å²) >= 11 is 3.63. The van der Waals surface area contributed by atoms with Crippen molar-refractivity contribution in [2.24, 2.45) is 5.92 Å². The Morgan fingerprint density at radius 1 is 1.29 bits per heavy atom. The van der Waals surface area contributed by atoms with E-state index in [4.69, 9.17) is 4.74 Å². The van der Waals surface area contributed by atoms with Gasteiger partial charge in [-0.3, -0.25) is 4.68 Å². The number of benzene rings is 1. The van der Waals surface area contributed by atoms with E-state index >= 15 is 0 Å². The Morgan fingerprint density at radius 2 is 2.10 bits per heavy atom. The lowest BCUT2D eigenvalue weighted by Crippen LogP contribution is -2.15. The summed E-state index contributed by atoms with van der Waals surface area (Å²) in [5.74, 6) is 2.50. The highest BCUT2D eigenvalue weighted by atomic mass is 79.9. The summed E-state index contributed by atoms with van der Waals surface area (Å²) in [7, 11) is 1.72. The molecule has 0 saturated heterocycles. The van der Waals surface area contributed by atoms with Gasteiger partial charge in [-0.05, 0) is 30.4 Å². The number of ether oxygens (including phenoxy) is 1. The first kappa shape index (κ1) is 16.0. The predicted molar refractivity (Wildman–Crippen MR) is 88.0 cm³/mol. The van der Waals surface area contributed by atoms with Crippen molar-refractivity contribution in [3.63, 3.8) is 0 Å². The third-order valence-corrected chi connectivity index (χ3v) is 4.44. The van der Waals surface area contributed by atoms with Gasteiger partial charge in [0.15, 0.2) is 0 Å². The molecule has 1 unspecified atom stereocenters. The number of hydrogen-bond acceptors (Lipinski definition) is 3. The smallest absolute Gasteiger partial charge is 0.138 e. The maximum atomic E-state index is 5.44. The van der Waals surface area contributed by atoms with Crippen molar-refractivity contribution in [1.82, 2.24) is 14.8 Å². The van der Waals surface area contributed by atoms with Crippen LogP contribution in [0, 0.1) is 5.92 Å². The average Bonchev–Trinajstić information content (AvgIpc) is 2.94. The molecular formula is C16H22BrN3O. The first-order valence-electron chi connectivity index (χ1n) is 7.33. The molecule has 0 fully saturated rings. The van der Waals surface area contributed by atoms with Crippen LogP contribution in [0.2, 0.25) is 0 Å². The standard InChI is InChI=1S/C16H22BrN3O/c1-3-8-20-16(18-12-19-20)10-13(11-17)9-14-6-4-5-7-15(14)21-2/h4-7,12-13H,3,8-11H2,1-2H3. The molecule has 2 rings (SSSR count). The van der Waals surface area contributed by atoms with Crippen LogP contribution < -0.4 is 4.74 Å². The summed E-state index contributed by atoms with van der Waals surface area (Å²) in [6.45, 7) is 3.08. The van der Waals surface area contributed by atoms with E-state index in [0.717, 1.165) is 42.7 Å². The number of para-hydroxylation sites is 1. The number of nitrogens with zero attached hydrogens (tertiary/aromatic N) is 3. The van der Waals surface area contributed by atoms with Gasteiger partial charge in [-0.15, -0.1) is 0 Å². The van der Waals surface area contributed by atoms with Crippen LogP contribution in [0.4, 0.5) is 0 Å². The van der Waals surface area contributed by atoms with Crippen molar-refractivity contribution < 1.29 is 4.74 Å². The monoisotopic (exact) mass is 351 g/mol. The van der Waals surface area contributed by atoms with E-state index in [0.29, 0.717) is 5.92 Å².